The SMILES string of the molecule is CC[C@@H](NC(=O)C1COCCN1)C(=O)O. The molecule has 1 amide bonds. The minimum absolute atomic E-state index is 0.294. The Morgan fingerprint density at radius 3 is 2.87 bits per heavy atom. The summed E-state index contributed by atoms with van der Waals surface area (Å²) in [5, 5.41) is 14.2. The average Bonchev–Trinajstić information content (AvgIpc) is 2.26. The zero-order valence-electron chi connectivity index (χ0n) is 8.66. The van der Waals surface area contributed by atoms with Crippen molar-refractivity contribution in [1.29, 1.82) is 0 Å². The number of carboxylic acid groups (broad SMARTS) is 1. The standard InChI is InChI=1S/C9H16N2O4/c1-2-6(9(13)14)11-8(12)7-5-15-4-3-10-7/h6-7,10H,2-5H2,1H3,(H,11,12)(H,13,14)/t6-,7?/m1/s1. The molecule has 1 aliphatic rings. The van der Waals surface area contributed by atoms with Gasteiger partial charge in [-0.15, -0.1) is 0 Å². The number of hydrogen-bond acceptors (Lipinski definition) is 4. The second-order valence-corrected chi connectivity index (χ2v) is 3.39. The average molecular weight is 216 g/mol. The third-order valence-corrected chi connectivity index (χ3v) is 2.26. The summed E-state index contributed by atoms with van der Waals surface area (Å²) in [4.78, 5) is 22.2. The Hall–Kier alpha value is -1.14. The van der Waals surface area contributed by atoms with E-state index in [4.69, 9.17) is 9.84 Å². The molecule has 6 nitrogen and oxygen atoms in total. The minimum atomic E-state index is -1.01. The number of carbonyl (C=O) groups excluding carboxylic acids is 1. The predicted octanol–water partition coefficient (Wildman–Crippen LogP) is -1.05. The van der Waals surface area contributed by atoms with Crippen LogP contribution in [0.1, 0.15) is 13.3 Å². The summed E-state index contributed by atoms with van der Waals surface area (Å²) in [6.45, 7) is 3.20. The van der Waals surface area contributed by atoms with Crippen LogP contribution >= 0.6 is 0 Å². The largest absolute Gasteiger partial charge is 0.480 e. The van der Waals surface area contributed by atoms with Gasteiger partial charge in [0.2, 0.25) is 5.91 Å². The third-order valence-electron chi connectivity index (χ3n) is 2.26. The van der Waals surface area contributed by atoms with Gasteiger partial charge < -0.3 is 20.5 Å². The van der Waals surface area contributed by atoms with Gasteiger partial charge in [-0.25, -0.2) is 4.79 Å². The maximum Gasteiger partial charge on any atom is 0.326 e. The molecule has 1 heterocycles. The molecule has 0 spiro atoms. The molecule has 0 bridgehead atoms. The Labute approximate surface area is 88.0 Å². The number of carbonyl (C=O) groups is 2. The van der Waals surface area contributed by atoms with Crippen LogP contribution in [0.5, 0.6) is 0 Å². The highest BCUT2D eigenvalue weighted by Gasteiger charge is 2.25. The number of amides is 1. The molecule has 1 fully saturated rings. The van der Waals surface area contributed by atoms with Crippen molar-refractivity contribution in [2.45, 2.75) is 25.4 Å². The van der Waals surface area contributed by atoms with Crippen LogP contribution in [0.3, 0.4) is 0 Å². The van der Waals surface area contributed by atoms with E-state index in [0.29, 0.717) is 26.2 Å². The summed E-state index contributed by atoms with van der Waals surface area (Å²) in [6.07, 6.45) is 0.370. The second-order valence-electron chi connectivity index (χ2n) is 3.39. The van der Waals surface area contributed by atoms with Gasteiger partial charge in [-0.3, -0.25) is 4.79 Å². The van der Waals surface area contributed by atoms with E-state index in [0.717, 1.165) is 0 Å². The predicted molar refractivity (Wildman–Crippen MR) is 52.5 cm³/mol. The van der Waals surface area contributed by atoms with E-state index in [1.807, 2.05) is 0 Å². The highest BCUT2D eigenvalue weighted by Crippen LogP contribution is 1.96. The molecule has 1 aliphatic heterocycles. The van der Waals surface area contributed by atoms with Crippen LogP contribution in [0.4, 0.5) is 0 Å². The molecule has 0 aliphatic carbocycles. The van der Waals surface area contributed by atoms with Gasteiger partial charge in [0.05, 0.1) is 13.2 Å². The third kappa shape index (κ3) is 3.49. The Bertz CT molecular complexity index is 238. The van der Waals surface area contributed by atoms with Gasteiger partial charge in [0, 0.05) is 6.54 Å². The molecule has 2 atom stereocenters. The van der Waals surface area contributed by atoms with E-state index in [1.165, 1.54) is 0 Å². The van der Waals surface area contributed by atoms with Gasteiger partial charge in [0.25, 0.3) is 0 Å². The highest BCUT2D eigenvalue weighted by molar-refractivity contribution is 5.87. The smallest absolute Gasteiger partial charge is 0.326 e. The molecule has 0 radical (unpaired) electrons. The van der Waals surface area contributed by atoms with Crippen LogP contribution in [0, 0.1) is 0 Å². The minimum Gasteiger partial charge on any atom is -0.480 e. The summed E-state index contributed by atoms with van der Waals surface area (Å²) in [5.74, 6) is -1.33. The highest BCUT2D eigenvalue weighted by atomic mass is 16.5. The lowest BCUT2D eigenvalue weighted by atomic mass is 10.2. The van der Waals surface area contributed by atoms with Crippen LogP contribution in [-0.4, -0.2) is 48.8 Å². The van der Waals surface area contributed by atoms with E-state index < -0.39 is 18.1 Å². The van der Waals surface area contributed by atoms with Gasteiger partial charge in [0.15, 0.2) is 0 Å². The summed E-state index contributed by atoms with van der Waals surface area (Å²) in [5.41, 5.74) is 0. The molecule has 0 aromatic carbocycles. The maximum atomic E-state index is 11.6. The van der Waals surface area contributed by atoms with Crippen molar-refractivity contribution in [3.05, 3.63) is 0 Å². The maximum absolute atomic E-state index is 11.6. The first-order valence-electron chi connectivity index (χ1n) is 4.99. The van der Waals surface area contributed by atoms with Crippen LogP contribution in [-0.2, 0) is 14.3 Å². The number of hydrogen-bond donors (Lipinski definition) is 3. The summed E-state index contributed by atoms with van der Waals surface area (Å²) in [6, 6.07) is -1.26. The van der Waals surface area contributed by atoms with E-state index in [9.17, 15) is 9.59 Å². The van der Waals surface area contributed by atoms with Gasteiger partial charge in [-0.2, -0.15) is 0 Å². The van der Waals surface area contributed by atoms with Crippen LogP contribution < -0.4 is 10.6 Å². The Kier molecular flexibility index (Phi) is 4.51. The zero-order valence-corrected chi connectivity index (χ0v) is 8.66. The molecule has 6 heteroatoms. The Morgan fingerprint density at radius 1 is 1.67 bits per heavy atom. The fraction of sp³-hybridized carbons (Fsp3) is 0.778. The zero-order chi connectivity index (χ0) is 11.3. The normalized spacial score (nSPS) is 23.1. The van der Waals surface area contributed by atoms with Gasteiger partial charge in [0.1, 0.15) is 12.1 Å². The number of carboxylic acids is 1. The molecule has 0 aromatic rings. The summed E-state index contributed by atoms with van der Waals surface area (Å²) >= 11 is 0. The number of morpholine rings is 1. The van der Waals surface area contributed by atoms with Crippen LogP contribution in [0.15, 0.2) is 0 Å². The van der Waals surface area contributed by atoms with Crippen molar-refractivity contribution < 1.29 is 19.4 Å². The van der Waals surface area contributed by atoms with Crippen molar-refractivity contribution >= 4 is 11.9 Å². The van der Waals surface area contributed by atoms with E-state index in [-0.39, 0.29) is 5.91 Å². The lowest BCUT2D eigenvalue weighted by molar-refractivity contribution is -0.142. The number of ether oxygens (including phenoxy) is 1. The molecule has 86 valence electrons. The van der Waals surface area contributed by atoms with E-state index in [2.05, 4.69) is 10.6 Å². The topological polar surface area (TPSA) is 87.7 Å². The summed E-state index contributed by atoms with van der Waals surface area (Å²) in [7, 11) is 0. The van der Waals surface area contributed by atoms with Crippen molar-refractivity contribution in [2.75, 3.05) is 19.8 Å². The van der Waals surface area contributed by atoms with Crippen LogP contribution in [0.2, 0.25) is 0 Å². The van der Waals surface area contributed by atoms with E-state index >= 15 is 0 Å². The van der Waals surface area contributed by atoms with E-state index in [1.54, 1.807) is 6.92 Å². The Morgan fingerprint density at radius 2 is 2.40 bits per heavy atom. The van der Waals surface area contributed by atoms with Crippen molar-refractivity contribution in [3.8, 4) is 0 Å². The monoisotopic (exact) mass is 216 g/mol. The lowest BCUT2D eigenvalue weighted by Gasteiger charge is -2.24. The Balaban J connectivity index is 2.42. The van der Waals surface area contributed by atoms with Crippen molar-refractivity contribution in [1.82, 2.24) is 10.6 Å². The lowest BCUT2D eigenvalue weighted by Crippen LogP contribution is -2.54. The second kappa shape index (κ2) is 5.67. The molecule has 1 rings (SSSR count). The van der Waals surface area contributed by atoms with Gasteiger partial charge >= 0.3 is 5.97 Å². The first-order valence-corrected chi connectivity index (χ1v) is 4.99. The first-order chi connectivity index (χ1) is 7.15. The molecule has 0 saturated carbocycles. The molecule has 1 saturated heterocycles. The van der Waals surface area contributed by atoms with Crippen molar-refractivity contribution in [3.63, 3.8) is 0 Å². The molecular formula is C9H16N2O4. The molecular weight excluding hydrogens is 200 g/mol. The molecule has 15 heavy (non-hydrogen) atoms. The molecule has 0 aromatic heterocycles. The van der Waals surface area contributed by atoms with Gasteiger partial charge in [-0.1, -0.05) is 6.92 Å². The fourth-order valence-corrected chi connectivity index (χ4v) is 1.34. The first kappa shape index (κ1) is 11.9. The quantitative estimate of drug-likeness (QED) is 0.558. The van der Waals surface area contributed by atoms with Gasteiger partial charge in [-0.05, 0) is 6.42 Å². The molecule has 1 unspecified atom stereocenters. The fourth-order valence-electron chi connectivity index (χ4n) is 1.34. The summed E-state index contributed by atoms with van der Waals surface area (Å²) < 4.78 is 5.11. The number of nitrogens with one attached hydrogen (secondary N) is 2. The number of rotatable bonds is 4. The van der Waals surface area contributed by atoms with Crippen molar-refractivity contribution in [2.24, 2.45) is 0 Å². The molecule has 3 N–H and O–H groups in total. The number of aliphatic carboxylic acids is 1. The van der Waals surface area contributed by atoms with Crippen LogP contribution in [0.25, 0.3) is 0 Å².